The van der Waals surface area contributed by atoms with Crippen LogP contribution in [-0.4, -0.2) is 28.0 Å². The number of para-hydroxylation sites is 1. The van der Waals surface area contributed by atoms with Crippen molar-refractivity contribution in [1.29, 1.82) is 0 Å². The molecular weight excluding hydrogens is 434 g/mol. The molecule has 162 valence electrons. The molecule has 1 amide bonds. The minimum atomic E-state index is -3.86. The van der Waals surface area contributed by atoms with Gasteiger partial charge in [-0.2, -0.15) is 8.42 Å². The molecule has 7 heteroatoms. The van der Waals surface area contributed by atoms with Gasteiger partial charge in [0.05, 0.1) is 17.2 Å². The lowest BCUT2D eigenvalue weighted by Crippen LogP contribution is -2.26. The number of carbonyl (C=O) groups is 1. The van der Waals surface area contributed by atoms with E-state index in [1.807, 2.05) is 38.1 Å². The van der Waals surface area contributed by atoms with Crippen LogP contribution in [0.3, 0.4) is 0 Å². The number of halogens is 1. The monoisotopic (exact) mass is 457 g/mol. The average Bonchev–Trinajstić information content (AvgIpc) is 2.77. The summed E-state index contributed by atoms with van der Waals surface area (Å²) in [6.07, 6.45) is 0.596. The van der Waals surface area contributed by atoms with Crippen LogP contribution >= 0.6 is 11.6 Å². The lowest BCUT2D eigenvalue weighted by Gasteiger charge is -2.22. The van der Waals surface area contributed by atoms with Crippen LogP contribution in [0.5, 0.6) is 0 Å². The fraction of sp³-hybridized carbons (Fsp3) is 0.208. The summed E-state index contributed by atoms with van der Waals surface area (Å²) in [6.45, 7) is 3.87. The van der Waals surface area contributed by atoms with Gasteiger partial charge in [-0.1, -0.05) is 42.8 Å². The Labute approximate surface area is 188 Å². The highest BCUT2D eigenvalue weighted by Gasteiger charge is 2.21. The first-order chi connectivity index (χ1) is 14.7. The number of anilines is 1. The summed E-state index contributed by atoms with van der Waals surface area (Å²) in [5.41, 5.74) is 3.51. The molecule has 3 aromatic rings. The molecule has 5 nitrogen and oxygen atoms in total. The summed E-state index contributed by atoms with van der Waals surface area (Å²) in [5, 5.41) is 0.554. The van der Waals surface area contributed by atoms with Gasteiger partial charge in [-0.05, 0) is 66.9 Å². The van der Waals surface area contributed by atoms with E-state index in [2.05, 4.69) is 0 Å². The van der Waals surface area contributed by atoms with Gasteiger partial charge < -0.3 is 4.90 Å². The third-order valence-electron chi connectivity index (χ3n) is 4.89. The normalized spacial score (nSPS) is 11.4. The lowest BCUT2D eigenvalue weighted by atomic mass is 9.98. The molecule has 0 atom stereocenters. The highest BCUT2D eigenvalue weighted by atomic mass is 35.5. The minimum Gasteiger partial charge on any atom is -0.311 e. The average molecular weight is 458 g/mol. The van der Waals surface area contributed by atoms with Crippen molar-refractivity contribution >= 4 is 33.3 Å². The van der Waals surface area contributed by atoms with Gasteiger partial charge in [0.25, 0.3) is 16.0 Å². The number of benzene rings is 3. The summed E-state index contributed by atoms with van der Waals surface area (Å²) in [5.74, 6) is -0.197. The Hall–Kier alpha value is -2.67. The van der Waals surface area contributed by atoms with Crippen molar-refractivity contribution in [3.05, 3.63) is 82.9 Å². The standard InChI is InChI=1S/C24H24ClNO4S/c1-4-15-30-31(28,29)20-14-9-17(2)22(16-20)21-7-5-6-8-23(21)26(3)24(27)18-10-12-19(25)13-11-18/h5-14,16H,4,15H2,1-3H3. The van der Waals surface area contributed by atoms with Crippen LogP contribution < -0.4 is 4.90 Å². The first-order valence-corrected chi connectivity index (χ1v) is 11.7. The van der Waals surface area contributed by atoms with Crippen molar-refractivity contribution < 1.29 is 17.4 Å². The third-order valence-corrected chi connectivity index (χ3v) is 6.45. The number of hydrogen-bond donors (Lipinski definition) is 0. The van der Waals surface area contributed by atoms with E-state index in [1.54, 1.807) is 48.3 Å². The molecule has 0 saturated heterocycles. The van der Waals surface area contributed by atoms with E-state index in [-0.39, 0.29) is 17.4 Å². The first-order valence-electron chi connectivity index (χ1n) is 9.87. The molecule has 0 saturated carbocycles. The van der Waals surface area contributed by atoms with Crippen LogP contribution in [0.2, 0.25) is 5.02 Å². The Bertz CT molecular complexity index is 1190. The lowest BCUT2D eigenvalue weighted by molar-refractivity contribution is 0.0993. The molecule has 0 bridgehead atoms. The second kappa shape index (κ2) is 9.64. The van der Waals surface area contributed by atoms with Crippen LogP contribution in [0.25, 0.3) is 11.1 Å². The maximum atomic E-state index is 13.0. The molecule has 0 heterocycles. The SMILES string of the molecule is CCCOS(=O)(=O)c1ccc(C)c(-c2ccccc2N(C)C(=O)c2ccc(Cl)cc2)c1. The molecule has 0 aromatic heterocycles. The van der Waals surface area contributed by atoms with Gasteiger partial charge in [-0.3, -0.25) is 8.98 Å². The molecule has 0 spiro atoms. The van der Waals surface area contributed by atoms with E-state index >= 15 is 0 Å². The van der Waals surface area contributed by atoms with Crippen LogP contribution in [0, 0.1) is 6.92 Å². The molecular formula is C24H24ClNO4S. The predicted octanol–water partition coefficient (Wildman–Crippen LogP) is 5.71. The predicted molar refractivity (Wildman–Crippen MR) is 124 cm³/mol. The van der Waals surface area contributed by atoms with Crippen LogP contribution in [0.1, 0.15) is 29.3 Å². The van der Waals surface area contributed by atoms with Crippen LogP contribution in [-0.2, 0) is 14.3 Å². The van der Waals surface area contributed by atoms with Gasteiger partial charge >= 0.3 is 0 Å². The third kappa shape index (κ3) is 5.15. The minimum absolute atomic E-state index is 0.0861. The Morgan fingerprint density at radius 1 is 1.00 bits per heavy atom. The molecule has 0 aliphatic carbocycles. The van der Waals surface area contributed by atoms with E-state index in [0.29, 0.717) is 28.3 Å². The van der Waals surface area contributed by atoms with Crippen molar-refractivity contribution in [3.63, 3.8) is 0 Å². The number of hydrogen-bond acceptors (Lipinski definition) is 4. The van der Waals surface area contributed by atoms with E-state index in [9.17, 15) is 13.2 Å². The maximum Gasteiger partial charge on any atom is 0.296 e. The van der Waals surface area contributed by atoms with Crippen molar-refractivity contribution in [2.24, 2.45) is 0 Å². The number of aryl methyl sites for hydroxylation is 1. The van der Waals surface area contributed by atoms with Crippen LogP contribution in [0.4, 0.5) is 5.69 Å². The highest BCUT2D eigenvalue weighted by Crippen LogP contribution is 2.34. The number of nitrogens with zero attached hydrogens (tertiary/aromatic N) is 1. The Balaban J connectivity index is 2.04. The van der Waals surface area contributed by atoms with E-state index < -0.39 is 10.1 Å². The number of carbonyl (C=O) groups excluding carboxylic acids is 1. The number of rotatable bonds is 7. The first kappa shape index (κ1) is 23.0. The van der Waals surface area contributed by atoms with Crippen molar-refractivity contribution in [2.75, 3.05) is 18.6 Å². The van der Waals surface area contributed by atoms with E-state index in [1.165, 1.54) is 6.07 Å². The second-order valence-electron chi connectivity index (χ2n) is 7.14. The molecule has 0 radical (unpaired) electrons. The summed E-state index contributed by atoms with van der Waals surface area (Å²) in [6, 6.07) is 19.0. The fourth-order valence-electron chi connectivity index (χ4n) is 3.20. The molecule has 0 N–H and O–H groups in total. The van der Waals surface area contributed by atoms with Gasteiger partial charge in [0.15, 0.2) is 0 Å². The van der Waals surface area contributed by atoms with Gasteiger partial charge in [0.1, 0.15) is 0 Å². The highest BCUT2D eigenvalue weighted by molar-refractivity contribution is 7.86. The smallest absolute Gasteiger partial charge is 0.296 e. The zero-order valence-corrected chi connectivity index (χ0v) is 19.2. The zero-order valence-electron chi connectivity index (χ0n) is 17.6. The molecule has 0 unspecified atom stereocenters. The Morgan fingerprint density at radius 3 is 2.35 bits per heavy atom. The second-order valence-corrected chi connectivity index (χ2v) is 9.19. The molecule has 3 aromatic carbocycles. The van der Waals surface area contributed by atoms with Gasteiger partial charge in [-0.25, -0.2) is 0 Å². The molecule has 0 aliphatic heterocycles. The maximum absolute atomic E-state index is 13.0. The largest absolute Gasteiger partial charge is 0.311 e. The topological polar surface area (TPSA) is 63.7 Å². The molecule has 31 heavy (non-hydrogen) atoms. The van der Waals surface area contributed by atoms with Crippen molar-refractivity contribution in [3.8, 4) is 11.1 Å². The van der Waals surface area contributed by atoms with Crippen molar-refractivity contribution in [2.45, 2.75) is 25.2 Å². The molecule has 3 rings (SSSR count). The van der Waals surface area contributed by atoms with Gasteiger partial charge in [0, 0.05) is 23.2 Å². The molecule has 0 aliphatic rings. The summed E-state index contributed by atoms with van der Waals surface area (Å²) >= 11 is 5.93. The van der Waals surface area contributed by atoms with Crippen molar-refractivity contribution in [1.82, 2.24) is 0 Å². The zero-order chi connectivity index (χ0) is 22.6. The fourth-order valence-corrected chi connectivity index (χ4v) is 4.34. The quantitative estimate of drug-likeness (QED) is 0.426. The number of amides is 1. The summed E-state index contributed by atoms with van der Waals surface area (Å²) < 4.78 is 30.1. The molecule has 0 fully saturated rings. The van der Waals surface area contributed by atoms with Gasteiger partial charge in [0.2, 0.25) is 0 Å². The summed E-state index contributed by atoms with van der Waals surface area (Å²) in [7, 11) is -2.17. The van der Waals surface area contributed by atoms with Gasteiger partial charge in [-0.15, -0.1) is 0 Å². The summed E-state index contributed by atoms with van der Waals surface area (Å²) in [4.78, 5) is 14.7. The Morgan fingerprint density at radius 2 is 1.68 bits per heavy atom. The van der Waals surface area contributed by atoms with Crippen LogP contribution in [0.15, 0.2) is 71.6 Å². The Kier molecular flexibility index (Phi) is 7.15. The van der Waals surface area contributed by atoms with E-state index in [0.717, 1.165) is 11.1 Å². The van der Waals surface area contributed by atoms with E-state index in [4.69, 9.17) is 15.8 Å².